The largest absolute Gasteiger partial charge is 0.350 e. The zero-order valence-electron chi connectivity index (χ0n) is 15.1. The van der Waals surface area contributed by atoms with Gasteiger partial charge < -0.3 is 15.2 Å². The van der Waals surface area contributed by atoms with Crippen LogP contribution in [0.1, 0.15) is 21.0 Å². The minimum absolute atomic E-state index is 0.0116. The normalized spacial score (nSPS) is 10.5. The molecule has 0 bridgehead atoms. The fourth-order valence-corrected chi connectivity index (χ4v) is 2.58. The molecule has 0 aliphatic carbocycles. The van der Waals surface area contributed by atoms with E-state index in [1.807, 2.05) is 0 Å². The zero-order chi connectivity index (χ0) is 21.7. The Labute approximate surface area is 173 Å². The zero-order valence-corrected chi connectivity index (χ0v) is 15.9. The van der Waals surface area contributed by atoms with E-state index in [0.717, 1.165) is 6.07 Å². The second kappa shape index (κ2) is 9.09. The first-order chi connectivity index (χ1) is 14.4. The van der Waals surface area contributed by atoms with Crippen molar-refractivity contribution in [3.63, 3.8) is 0 Å². The summed E-state index contributed by atoms with van der Waals surface area (Å²) in [6.07, 6.45) is 0. The van der Waals surface area contributed by atoms with Gasteiger partial charge in [0.05, 0.1) is 10.5 Å². The van der Waals surface area contributed by atoms with Gasteiger partial charge in [-0.05, 0) is 24.3 Å². The maximum atomic E-state index is 13.7. The average Bonchev–Trinajstić information content (AvgIpc) is 3.21. The molecule has 0 saturated carbocycles. The van der Waals surface area contributed by atoms with Crippen molar-refractivity contribution in [3.8, 4) is 11.4 Å². The number of nitrogens with zero attached hydrogens (tertiary/aromatic N) is 3. The molecule has 0 spiro atoms. The third kappa shape index (κ3) is 4.75. The van der Waals surface area contributed by atoms with E-state index in [1.165, 1.54) is 30.3 Å². The topological polar surface area (TPSA) is 140 Å². The van der Waals surface area contributed by atoms with E-state index in [9.17, 15) is 24.1 Å². The van der Waals surface area contributed by atoms with Crippen LogP contribution in [0.2, 0.25) is 5.02 Å². The van der Waals surface area contributed by atoms with E-state index < -0.39 is 22.6 Å². The molecule has 0 atom stereocenters. The van der Waals surface area contributed by atoms with Crippen LogP contribution >= 0.6 is 11.6 Å². The molecular formula is C18H13ClFN5O5. The summed E-state index contributed by atoms with van der Waals surface area (Å²) in [6, 6.07) is 9.40. The Bertz CT molecular complexity index is 1120. The summed E-state index contributed by atoms with van der Waals surface area (Å²) in [7, 11) is 0. The number of hydrogen-bond acceptors (Lipinski definition) is 7. The fraction of sp³-hybridized carbons (Fsp3) is 0.111. The molecular weight excluding hydrogens is 421 g/mol. The second-order valence-electron chi connectivity index (χ2n) is 5.84. The highest BCUT2D eigenvalue weighted by atomic mass is 35.5. The van der Waals surface area contributed by atoms with E-state index in [4.69, 9.17) is 16.1 Å². The quantitative estimate of drug-likeness (QED) is 0.331. The molecule has 2 amide bonds. The lowest BCUT2D eigenvalue weighted by Crippen LogP contribution is -2.34. The average molecular weight is 434 g/mol. The number of rotatable bonds is 7. The van der Waals surface area contributed by atoms with Crippen molar-refractivity contribution in [2.75, 3.05) is 13.1 Å². The Morgan fingerprint density at radius 1 is 1.13 bits per heavy atom. The number of benzene rings is 2. The predicted octanol–water partition coefficient (Wildman–Crippen LogP) is 2.60. The third-order valence-electron chi connectivity index (χ3n) is 3.84. The van der Waals surface area contributed by atoms with Gasteiger partial charge in [-0.15, -0.1) is 0 Å². The molecule has 0 unspecified atom stereocenters. The molecule has 2 aromatic carbocycles. The standard InChI is InChI=1S/C18H13ClFN5O5/c19-12-6-5-10(9-14(12)25(28)29)16(26)21-7-8-22-17(27)18-23-15(24-30-18)11-3-1-2-4-13(11)20/h1-6,9H,7-8H2,(H,21,26)(H,22,27). The summed E-state index contributed by atoms with van der Waals surface area (Å²) in [5, 5.41) is 19.3. The predicted molar refractivity (Wildman–Crippen MR) is 102 cm³/mol. The van der Waals surface area contributed by atoms with Crippen LogP contribution in [-0.2, 0) is 0 Å². The first-order valence-electron chi connectivity index (χ1n) is 8.45. The summed E-state index contributed by atoms with van der Waals surface area (Å²) in [5.41, 5.74) is -0.256. The second-order valence-corrected chi connectivity index (χ2v) is 6.25. The molecule has 154 valence electrons. The van der Waals surface area contributed by atoms with E-state index in [-0.39, 0.29) is 46.6 Å². The molecule has 1 aromatic heterocycles. The Kier molecular flexibility index (Phi) is 6.32. The first kappa shape index (κ1) is 20.9. The molecule has 30 heavy (non-hydrogen) atoms. The Morgan fingerprint density at radius 2 is 1.83 bits per heavy atom. The van der Waals surface area contributed by atoms with Gasteiger partial charge >= 0.3 is 11.8 Å². The highest BCUT2D eigenvalue weighted by Crippen LogP contribution is 2.25. The van der Waals surface area contributed by atoms with Gasteiger partial charge in [0.1, 0.15) is 10.8 Å². The van der Waals surface area contributed by atoms with Crippen LogP contribution in [0.5, 0.6) is 0 Å². The lowest BCUT2D eigenvalue weighted by atomic mass is 10.2. The molecule has 2 N–H and O–H groups in total. The van der Waals surface area contributed by atoms with Gasteiger partial charge in [0, 0.05) is 24.7 Å². The van der Waals surface area contributed by atoms with Gasteiger partial charge in [0.2, 0.25) is 5.82 Å². The summed E-state index contributed by atoms with van der Waals surface area (Å²) in [6.45, 7) is 0.0347. The molecule has 0 aliphatic heterocycles. The number of nitro benzene ring substituents is 1. The maximum absolute atomic E-state index is 13.7. The highest BCUT2D eigenvalue weighted by Gasteiger charge is 2.18. The molecule has 0 radical (unpaired) electrons. The van der Waals surface area contributed by atoms with Crippen LogP contribution in [0.4, 0.5) is 10.1 Å². The molecule has 0 aliphatic rings. The molecule has 3 rings (SSSR count). The van der Waals surface area contributed by atoms with Crippen LogP contribution in [-0.4, -0.2) is 40.0 Å². The number of amides is 2. The van der Waals surface area contributed by atoms with E-state index in [0.29, 0.717) is 0 Å². The van der Waals surface area contributed by atoms with Crippen molar-refractivity contribution in [2.45, 2.75) is 0 Å². The minimum atomic E-state index is -0.707. The van der Waals surface area contributed by atoms with Gasteiger partial charge in [0.25, 0.3) is 11.6 Å². The van der Waals surface area contributed by atoms with E-state index in [2.05, 4.69) is 20.8 Å². The van der Waals surface area contributed by atoms with Crippen molar-refractivity contribution < 1.29 is 23.4 Å². The van der Waals surface area contributed by atoms with Crippen molar-refractivity contribution in [2.24, 2.45) is 0 Å². The SMILES string of the molecule is O=C(NCCNC(=O)c1nc(-c2ccccc2F)no1)c1ccc(Cl)c([N+](=O)[O-])c1. The minimum Gasteiger partial charge on any atom is -0.350 e. The first-order valence-corrected chi connectivity index (χ1v) is 8.83. The molecule has 0 fully saturated rings. The maximum Gasteiger partial charge on any atom is 0.316 e. The lowest BCUT2D eigenvalue weighted by molar-refractivity contribution is -0.384. The van der Waals surface area contributed by atoms with Gasteiger partial charge in [-0.1, -0.05) is 28.9 Å². The number of halogens is 2. The van der Waals surface area contributed by atoms with Crippen molar-refractivity contribution in [3.05, 3.63) is 74.9 Å². The molecule has 12 heteroatoms. The summed E-state index contributed by atoms with van der Waals surface area (Å²) < 4.78 is 18.6. The van der Waals surface area contributed by atoms with E-state index >= 15 is 0 Å². The van der Waals surface area contributed by atoms with Crippen molar-refractivity contribution in [1.82, 2.24) is 20.8 Å². The third-order valence-corrected chi connectivity index (χ3v) is 4.16. The monoisotopic (exact) mass is 433 g/mol. The number of carbonyl (C=O) groups excluding carboxylic acids is 2. The van der Waals surface area contributed by atoms with Gasteiger partial charge in [-0.3, -0.25) is 19.7 Å². The van der Waals surface area contributed by atoms with Gasteiger partial charge in [-0.2, -0.15) is 4.98 Å². The summed E-state index contributed by atoms with van der Waals surface area (Å²) in [5.74, 6) is -2.29. The Balaban J connectivity index is 1.52. The van der Waals surface area contributed by atoms with Crippen LogP contribution in [0.15, 0.2) is 47.0 Å². The van der Waals surface area contributed by atoms with E-state index in [1.54, 1.807) is 6.07 Å². The molecule has 10 nitrogen and oxygen atoms in total. The Morgan fingerprint density at radius 3 is 2.53 bits per heavy atom. The number of carbonyl (C=O) groups is 2. The fourth-order valence-electron chi connectivity index (χ4n) is 2.39. The van der Waals surface area contributed by atoms with Crippen molar-refractivity contribution >= 4 is 29.1 Å². The summed E-state index contributed by atoms with van der Waals surface area (Å²) in [4.78, 5) is 38.1. The number of nitro groups is 1. The smallest absolute Gasteiger partial charge is 0.316 e. The Hall–Kier alpha value is -3.86. The van der Waals surface area contributed by atoms with Crippen LogP contribution < -0.4 is 10.6 Å². The van der Waals surface area contributed by atoms with Crippen LogP contribution in [0.3, 0.4) is 0 Å². The molecule has 1 heterocycles. The molecule has 0 saturated heterocycles. The van der Waals surface area contributed by atoms with Crippen LogP contribution in [0.25, 0.3) is 11.4 Å². The molecule has 3 aromatic rings. The van der Waals surface area contributed by atoms with Gasteiger partial charge in [-0.25, -0.2) is 4.39 Å². The number of hydrogen-bond donors (Lipinski definition) is 2. The number of nitrogens with one attached hydrogen (secondary N) is 2. The van der Waals surface area contributed by atoms with Gasteiger partial charge in [0.15, 0.2) is 0 Å². The van der Waals surface area contributed by atoms with Crippen LogP contribution in [0, 0.1) is 15.9 Å². The summed E-state index contributed by atoms with van der Waals surface area (Å²) >= 11 is 5.70. The highest BCUT2D eigenvalue weighted by molar-refractivity contribution is 6.32. The number of aromatic nitrogens is 2. The lowest BCUT2D eigenvalue weighted by Gasteiger charge is -2.06. The van der Waals surface area contributed by atoms with Crippen molar-refractivity contribution in [1.29, 1.82) is 0 Å².